The van der Waals surface area contributed by atoms with Crippen LogP contribution in [0.25, 0.3) is 11.0 Å². The first kappa shape index (κ1) is 22.9. The van der Waals surface area contributed by atoms with Crippen LogP contribution < -0.4 is 15.6 Å². The molecule has 0 radical (unpaired) electrons. The van der Waals surface area contributed by atoms with Crippen LogP contribution in [0.5, 0.6) is 5.75 Å². The largest absolute Gasteiger partial charge is 0.497 e. The second kappa shape index (κ2) is 9.60. The summed E-state index contributed by atoms with van der Waals surface area (Å²) in [5.41, 5.74) is 2.81. The molecule has 0 saturated carbocycles. The van der Waals surface area contributed by atoms with Gasteiger partial charge in [-0.2, -0.15) is 0 Å². The number of fused-ring (bicyclic) bond motifs is 1. The van der Waals surface area contributed by atoms with Crippen molar-refractivity contribution in [3.63, 3.8) is 0 Å². The molecule has 1 aromatic carbocycles. The highest BCUT2D eigenvalue weighted by atomic mass is 32.2. The number of aromatic nitrogens is 3. The Morgan fingerprint density at radius 2 is 1.87 bits per heavy atom. The van der Waals surface area contributed by atoms with Crippen LogP contribution in [-0.2, 0) is 17.9 Å². The van der Waals surface area contributed by atoms with Crippen LogP contribution in [-0.4, -0.2) is 33.4 Å². The Hall–Kier alpha value is -2.74. The smallest absolute Gasteiger partial charge is 0.278 e. The molecule has 3 aromatic rings. The molecule has 0 aliphatic carbocycles. The number of thioether (sulfide) groups is 1. The lowest BCUT2D eigenvalue weighted by atomic mass is 10.1. The minimum atomic E-state index is -0.167. The van der Waals surface area contributed by atoms with E-state index in [-0.39, 0.29) is 24.1 Å². The lowest BCUT2D eigenvalue weighted by molar-refractivity contribution is -0.122. The van der Waals surface area contributed by atoms with Crippen LogP contribution >= 0.6 is 11.8 Å². The van der Waals surface area contributed by atoms with E-state index in [4.69, 9.17) is 4.74 Å². The predicted octanol–water partition coefficient (Wildman–Crippen LogP) is 3.77. The van der Waals surface area contributed by atoms with Crippen LogP contribution in [0.15, 0.2) is 40.3 Å². The lowest BCUT2D eigenvalue weighted by Gasteiger charge is -2.17. The molecular formula is C23H30N4O3S. The third-order valence-electron chi connectivity index (χ3n) is 5.20. The zero-order chi connectivity index (χ0) is 22.7. The van der Waals surface area contributed by atoms with E-state index >= 15 is 0 Å². The number of carbonyl (C=O) groups excluding carboxylic acids is 1. The first-order chi connectivity index (χ1) is 14.7. The van der Waals surface area contributed by atoms with Gasteiger partial charge in [0, 0.05) is 12.2 Å². The third-order valence-corrected chi connectivity index (χ3v) is 5.88. The highest BCUT2D eigenvalue weighted by Gasteiger charge is 2.19. The maximum Gasteiger partial charge on any atom is 0.278 e. The molecule has 0 bridgehead atoms. The Bertz CT molecular complexity index is 1130. The van der Waals surface area contributed by atoms with Crippen molar-refractivity contribution in [3.05, 3.63) is 51.9 Å². The molecular weight excluding hydrogens is 412 g/mol. The second-order valence-corrected chi connectivity index (χ2v) is 8.85. The van der Waals surface area contributed by atoms with Gasteiger partial charge in [-0.1, -0.05) is 37.7 Å². The number of methoxy groups -OCH3 is 1. The van der Waals surface area contributed by atoms with Gasteiger partial charge >= 0.3 is 0 Å². The van der Waals surface area contributed by atoms with Crippen LogP contribution in [0.1, 0.15) is 38.1 Å². The molecule has 166 valence electrons. The SMILES string of the molecule is COc1ccc([C@H](C)NC(=O)Cn2c(C)cc3nc(SC)n(CC(C)C)c(=O)c32)cc1. The summed E-state index contributed by atoms with van der Waals surface area (Å²) in [6.45, 7) is 8.61. The number of hydrogen-bond acceptors (Lipinski definition) is 5. The quantitative estimate of drug-likeness (QED) is 0.424. The molecule has 0 aliphatic heterocycles. The molecule has 0 aliphatic rings. The van der Waals surface area contributed by atoms with Gasteiger partial charge in [-0.15, -0.1) is 0 Å². The van der Waals surface area contributed by atoms with Crippen LogP contribution in [0.4, 0.5) is 0 Å². The van der Waals surface area contributed by atoms with E-state index < -0.39 is 0 Å². The van der Waals surface area contributed by atoms with E-state index in [2.05, 4.69) is 24.1 Å². The standard InChI is InChI=1S/C23H30N4O3S/c1-14(2)12-27-22(29)21-19(25-23(27)31-6)11-15(3)26(21)13-20(28)24-16(4)17-7-9-18(30-5)10-8-17/h7-11,14,16H,12-13H2,1-6H3,(H,24,28)/t16-/m0/s1. The fourth-order valence-corrected chi connectivity index (χ4v) is 4.21. The molecule has 0 unspecified atom stereocenters. The summed E-state index contributed by atoms with van der Waals surface area (Å²) in [7, 11) is 1.62. The van der Waals surface area contributed by atoms with Crippen molar-refractivity contribution in [3.8, 4) is 5.75 Å². The molecule has 2 heterocycles. The average Bonchev–Trinajstić information content (AvgIpc) is 3.04. The van der Waals surface area contributed by atoms with Crippen molar-refractivity contribution >= 4 is 28.7 Å². The van der Waals surface area contributed by atoms with E-state index in [9.17, 15) is 9.59 Å². The summed E-state index contributed by atoms with van der Waals surface area (Å²) >= 11 is 1.46. The van der Waals surface area contributed by atoms with Crippen LogP contribution in [0.2, 0.25) is 0 Å². The summed E-state index contributed by atoms with van der Waals surface area (Å²) in [6, 6.07) is 9.30. The summed E-state index contributed by atoms with van der Waals surface area (Å²) in [5.74, 6) is 0.917. The van der Waals surface area contributed by atoms with Crippen molar-refractivity contribution < 1.29 is 9.53 Å². The number of rotatable bonds is 8. The Labute approximate surface area is 186 Å². The molecule has 2 aromatic heterocycles. The minimum absolute atomic E-state index is 0.0625. The zero-order valence-electron chi connectivity index (χ0n) is 18.9. The molecule has 8 heteroatoms. The predicted molar refractivity (Wildman–Crippen MR) is 125 cm³/mol. The van der Waals surface area contributed by atoms with Crippen molar-refractivity contribution in [2.45, 2.75) is 52.0 Å². The Balaban J connectivity index is 1.88. The van der Waals surface area contributed by atoms with Crippen LogP contribution in [0, 0.1) is 12.8 Å². The normalized spacial score (nSPS) is 12.4. The van der Waals surface area contributed by atoms with Crippen molar-refractivity contribution in [1.82, 2.24) is 19.4 Å². The van der Waals surface area contributed by atoms with E-state index in [1.54, 1.807) is 16.2 Å². The number of hydrogen-bond donors (Lipinski definition) is 1. The van der Waals surface area contributed by atoms with Gasteiger partial charge in [-0.05, 0) is 49.8 Å². The lowest BCUT2D eigenvalue weighted by Crippen LogP contribution is -2.32. The summed E-state index contributed by atoms with van der Waals surface area (Å²) in [6.07, 6.45) is 1.92. The Morgan fingerprint density at radius 1 is 1.19 bits per heavy atom. The molecule has 3 rings (SSSR count). The Kier molecular flexibility index (Phi) is 7.10. The fourth-order valence-electron chi connectivity index (χ4n) is 3.64. The van der Waals surface area contributed by atoms with E-state index in [1.807, 2.05) is 50.4 Å². The third kappa shape index (κ3) is 4.95. The molecule has 0 spiro atoms. The highest BCUT2D eigenvalue weighted by Crippen LogP contribution is 2.21. The first-order valence-corrected chi connectivity index (χ1v) is 11.6. The van der Waals surface area contributed by atoms with Gasteiger partial charge in [0.15, 0.2) is 5.16 Å². The van der Waals surface area contributed by atoms with Gasteiger partial charge in [0.05, 0.1) is 18.7 Å². The number of nitrogens with zero attached hydrogens (tertiary/aromatic N) is 3. The van der Waals surface area contributed by atoms with Gasteiger partial charge in [-0.25, -0.2) is 4.98 Å². The topological polar surface area (TPSA) is 78.2 Å². The summed E-state index contributed by atoms with van der Waals surface area (Å²) < 4.78 is 8.67. The van der Waals surface area contributed by atoms with Crippen molar-refractivity contribution in [2.24, 2.45) is 5.92 Å². The van der Waals surface area contributed by atoms with Gasteiger partial charge in [0.1, 0.15) is 17.8 Å². The van der Waals surface area contributed by atoms with Gasteiger partial charge in [-0.3, -0.25) is 14.2 Å². The number of amides is 1. The van der Waals surface area contributed by atoms with Crippen molar-refractivity contribution in [1.29, 1.82) is 0 Å². The molecule has 1 atom stereocenters. The Morgan fingerprint density at radius 3 is 2.45 bits per heavy atom. The number of ether oxygens (including phenoxy) is 1. The van der Waals surface area contributed by atoms with Gasteiger partial charge in [0.25, 0.3) is 5.56 Å². The first-order valence-electron chi connectivity index (χ1n) is 10.3. The molecule has 0 saturated heterocycles. The maximum absolute atomic E-state index is 13.3. The number of aryl methyl sites for hydroxylation is 1. The zero-order valence-corrected chi connectivity index (χ0v) is 19.7. The molecule has 1 amide bonds. The van der Waals surface area contributed by atoms with Gasteiger partial charge in [0.2, 0.25) is 5.91 Å². The minimum Gasteiger partial charge on any atom is -0.497 e. The number of benzene rings is 1. The molecule has 7 nitrogen and oxygen atoms in total. The summed E-state index contributed by atoms with van der Waals surface area (Å²) in [4.78, 5) is 30.8. The fraction of sp³-hybridized carbons (Fsp3) is 0.435. The molecule has 31 heavy (non-hydrogen) atoms. The molecule has 0 fully saturated rings. The van der Waals surface area contributed by atoms with Gasteiger partial charge < -0.3 is 14.6 Å². The molecule has 1 N–H and O–H groups in total. The maximum atomic E-state index is 13.3. The van der Waals surface area contributed by atoms with E-state index in [0.717, 1.165) is 17.0 Å². The van der Waals surface area contributed by atoms with Crippen molar-refractivity contribution in [2.75, 3.05) is 13.4 Å². The second-order valence-electron chi connectivity index (χ2n) is 8.08. The summed E-state index contributed by atoms with van der Waals surface area (Å²) in [5, 5.41) is 3.71. The van der Waals surface area contributed by atoms with E-state index in [0.29, 0.717) is 28.7 Å². The van der Waals surface area contributed by atoms with Crippen LogP contribution in [0.3, 0.4) is 0 Å². The number of carbonyl (C=O) groups is 1. The monoisotopic (exact) mass is 442 g/mol. The number of nitrogens with one attached hydrogen (secondary N) is 1. The average molecular weight is 443 g/mol. The van der Waals surface area contributed by atoms with E-state index in [1.165, 1.54) is 11.8 Å². The highest BCUT2D eigenvalue weighted by molar-refractivity contribution is 7.98.